The van der Waals surface area contributed by atoms with Crippen LogP contribution in [-0.2, 0) is 0 Å². The largest absolute Gasteiger partial charge is 0.493 e. The highest BCUT2D eigenvalue weighted by Gasteiger charge is 2.18. The summed E-state index contributed by atoms with van der Waals surface area (Å²) < 4.78 is 16.0. The molecule has 3 heteroatoms. The molecular weight excluding hydrogens is 204 g/mol. The number of hydrogen-bond acceptors (Lipinski definition) is 3. The van der Waals surface area contributed by atoms with E-state index in [-0.39, 0.29) is 0 Å². The Bertz CT molecular complexity index is 370. The Hall–Kier alpha value is -1.38. The van der Waals surface area contributed by atoms with Gasteiger partial charge in [-0.2, -0.15) is 0 Å². The van der Waals surface area contributed by atoms with Crippen molar-refractivity contribution in [1.82, 2.24) is 0 Å². The van der Waals surface area contributed by atoms with Gasteiger partial charge in [0, 0.05) is 0 Å². The molecular formula is C13H20O3. The first-order chi connectivity index (χ1) is 7.56. The summed E-state index contributed by atoms with van der Waals surface area (Å²) in [6, 6.07) is 2.02. The van der Waals surface area contributed by atoms with Crippen LogP contribution in [0.3, 0.4) is 0 Å². The highest BCUT2D eigenvalue weighted by Crippen LogP contribution is 2.43. The fraction of sp³-hybridized carbons (Fsp3) is 0.538. The number of hydrogen-bond donors (Lipinski definition) is 0. The van der Waals surface area contributed by atoms with E-state index in [0.29, 0.717) is 17.4 Å². The lowest BCUT2D eigenvalue weighted by Gasteiger charge is -2.19. The molecule has 0 radical (unpaired) electrons. The summed E-state index contributed by atoms with van der Waals surface area (Å²) in [7, 11) is 4.90. The van der Waals surface area contributed by atoms with Crippen LogP contribution in [-0.4, -0.2) is 21.3 Å². The van der Waals surface area contributed by atoms with E-state index in [1.165, 1.54) is 5.56 Å². The van der Waals surface area contributed by atoms with E-state index < -0.39 is 0 Å². The quantitative estimate of drug-likeness (QED) is 0.786. The Kier molecular flexibility index (Phi) is 4.05. The van der Waals surface area contributed by atoms with Gasteiger partial charge in [0.05, 0.1) is 21.3 Å². The predicted molar refractivity (Wildman–Crippen MR) is 64.9 cm³/mol. The minimum Gasteiger partial charge on any atom is -0.493 e. The van der Waals surface area contributed by atoms with Crippen molar-refractivity contribution in [3.05, 3.63) is 17.2 Å². The van der Waals surface area contributed by atoms with Gasteiger partial charge in [-0.05, 0) is 30.0 Å². The second-order valence-electron chi connectivity index (χ2n) is 4.01. The molecule has 0 aromatic heterocycles. The normalized spacial score (nSPS) is 10.4. The van der Waals surface area contributed by atoms with E-state index in [9.17, 15) is 0 Å². The highest BCUT2D eigenvalue weighted by atomic mass is 16.5. The first kappa shape index (κ1) is 12.7. The van der Waals surface area contributed by atoms with Gasteiger partial charge in [0.25, 0.3) is 0 Å². The van der Waals surface area contributed by atoms with Gasteiger partial charge in [-0.3, -0.25) is 0 Å². The van der Waals surface area contributed by atoms with Crippen LogP contribution in [0.2, 0.25) is 0 Å². The van der Waals surface area contributed by atoms with Gasteiger partial charge in [-0.25, -0.2) is 0 Å². The minimum atomic E-state index is 0.425. The van der Waals surface area contributed by atoms with Gasteiger partial charge >= 0.3 is 0 Å². The molecule has 0 spiro atoms. The van der Waals surface area contributed by atoms with E-state index in [4.69, 9.17) is 14.2 Å². The van der Waals surface area contributed by atoms with Crippen molar-refractivity contribution in [2.24, 2.45) is 0 Å². The van der Waals surface area contributed by atoms with Crippen LogP contribution in [0.15, 0.2) is 6.07 Å². The lowest BCUT2D eigenvalue weighted by Crippen LogP contribution is -2.01. The van der Waals surface area contributed by atoms with Crippen molar-refractivity contribution in [3.8, 4) is 17.2 Å². The topological polar surface area (TPSA) is 27.7 Å². The average Bonchev–Trinajstić information content (AvgIpc) is 2.27. The fourth-order valence-electron chi connectivity index (χ4n) is 1.92. The third kappa shape index (κ3) is 2.08. The predicted octanol–water partition coefficient (Wildman–Crippen LogP) is 3.14. The Labute approximate surface area is 97.3 Å². The van der Waals surface area contributed by atoms with Crippen molar-refractivity contribution < 1.29 is 14.2 Å². The minimum absolute atomic E-state index is 0.425. The summed E-state index contributed by atoms with van der Waals surface area (Å²) in [5.41, 5.74) is 2.32. The molecule has 0 saturated heterocycles. The molecule has 3 nitrogen and oxygen atoms in total. The van der Waals surface area contributed by atoms with Crippen LogP contribution in [0, 0.1) is 6.92 Å². The highest BCUT2D eigenvalue weighted by molar-refractivity contribution is 5.59. The van der Waals surface area contributed by atoms with Crippen molar-refractivity contribution >= 4 is 0 Å². The molecule has 0 N–H and O–H groups in total. The zero-order valence-corrected chi connectivity index (χ0v) is 10.9. The average molecular weight is 224 g/mol. The molecule has 0 unspecified atom stereocenters. The number of ether oxygens (including phenoxy) is 3. The molecule has 1 aromatic carbocycles. The SMILES string of the molecule is COc1cc(C(C)C)c(C)c(OC)c1OC. The van der Waals surface area contributed by atoms with E-state index in [2.05, 4.69) is 13.8 Å². The molecule has 16 heavy (non-hydrogen) atoms. The van der Waals surface area contributed by atoms with Gasteiger partial charge in [0.1, 0.15) is 0 Å². The molecule has 0 aliphatic carbocycles. The maximum atomic E-state index is 5.40. The van der Waals surface area contributed by atoms with E-state index >= 15 is 0 Å². The molecule has 0 aliphatic rings. The van der Waals surface area contributed by atoms with Gasteiger partial charge in [0.2, 0.25) is 5.75 Å². The fourth-order valence-corrected chi connectivity index (χ4v) is 1.92. The summed E-state index contributed by atoms with van der Waals surface area (Å²) in [6.45, 7) is 6.33. The summed E-state index contributed by atoms with van der Waals surface area (Å²) in [4.78, 5) is 0. The van der Waals surface area contributed by atoms with Crippen LogP contribution < -0.4 is 14.2 Å². The van der Waals surface area contributed by atoms with E-state index in [1.807, 2.05) is 13.0 Å². The van der Waals surface area contributed by atoms with Crippen molar-refractivity contribution in [3.63, 3.8) is 0 Å². The molecule has 0 fully saturated rings. The van der Waals surface area contributed by atoms with Crippen LogP contribution >= 0.6 is 0 Å². The summed E-state index contributed by atoms with van der Waals surface area (Å²) in [6.07, 6.45) is 0. The zero-order valence-electron chi connectivity index (χ0n) is 10.9. The molecule has 1 rings (SSSR count). The Morgan fingerprint density at radius 3 is 1.88 bits per heavy atom. The van der Waals surface area contributed by atoms with Crippen LogP contribution in [0.1, 0.15) is 30.9 Å². The Morgan fingerprint density at radius 1 is 0.938 bits per heavy atom. The van der Waals surface area contributed by atoms with Crippen LogP contribution in [0.5, 0.6) is 17.2 Å². The van der Waals surface area contributed by atoms with Crippen molar-refractivity contribution in [2.45, 2.75) is 26.7 Å². The third-order valence-corrected chi connectivity index (χ3v) is 2.74. The Balaban J connectivity index is 3.48. The molecule has 90 valence electrons. The van der Waals surface area contributed by atoms with Crippen LogP contribution in [0.4, 0.5) is 0 Å². The smallest absolute Gasteiger partial charge is 0.203 e. The van der Waals surface area contributed by atoms with Gasteiger partial charge < -0.3 is 14.2 Å². The van der Waals surface area contributed by atoms with Crippen molar-refractivity contribution in [2.75, 3.05) is 21.3 Å². The molecule has 1 aromatic rings. The second-order valence-corrected chi connectivity index (χ2v) is 4.01. The number of rotatable bonds is 4. The molecule has 0 heterocycles. The van der Waals surface area contributed by atoms with Crippen LogP contribution in [0.25, 0.3) is 0 Å². The maximum Gasteiger partial charge on any atom is 0.203 e. The number of methoxy groups -OCH3 is 3. The van der Waals surface area contributed by atoms with E-state index in [1.54, 1.807) is 21.3 Å². The van der Waals surface area contributed by atoms with E-state index in [0.717, 1.165) is 11.3 Å². The molecule has 0 amide bonds. The maximum absolute atomic E-state index is 5.40. The first-order valence-electron chi connectivity index (χ1n) is 5.36. The lowest BCUT2D eigenvalue weighted by atomic mass is 9.96. The zero-order chi connectivity index (χ0) is 12.3. The monoisotopic (exact) mass is 224 g/mol. The number of benzene rings is 1. The molecule has 0 saturated carbocycles. The standard InChI is InChI=1S/C13H20O3/c1-8(2)10-7-11(14-4)13(16-6)12(15-5)9(10)3/h7-8H,1-6H3. The van der Waals surface area contributed by atoms with Gasteiger partial charge in [-0.1, -0.05) is 13.8 Å². The van der Waals surface area contributed by atoms with Gasteiger partial charge in [-0.15, -0.1) is 0 Å². The summed E-state index contributed by atoms with van der Waals surface area (Å²) >= 11 is 0. The molecule has 0 bridgehead atoms. The third-order valence-electron chi connectivity index (χ3n) is 2.74. The lowest BCUT2D eigenvalue weighted by molar-refractivity contribution is 0.322. The summed E-state index contributed by atoms with van der Waals surface area (Å²) in [5.74, 6) is 2.56. The van der Waals surface area contributed by atoms with Gasteiger partial charge in [0.15, 0.2) is 11.5 Å². The Morgan fingerprint density at radius 2 is 1.50 bits per heavy atom. The molecule has 0 atom stereocenters. The molecule has 0 aliphatic heterocycles. The second kappa shape index (κ2) is 5.10. The first-order valence-corrected chi connectivity index (χ1v) is 5.36. The van der Waals surface area contributed by atoms with Crippen molar-refractivity contribution in [1.29, 1.82) is 0 Å². The summed E-state index contributed by atoms with van der Waals surface area (Å²) in [5, 5.41) is 0.